The van der Waals surface area contributed by atoms with Gasteiger partial charge in [-0.05, 0) is 74.0 Å². The minimum atomic E-state index is -3.72. The summed E-state index contributed by atoms with van der Waals surface area (Å²) in [5.74, 6) is 0.751. The number of nitrogens with zero attached hydrogens (tertiary/aromatic N) is 2. The number of hydrogen-bond acceptors (Lipinski definition) is 4. The molecule has 6 nitrogen and oxygen atoms in total. The predicted molar refractivity (Wildman–Crippen MR) is 113 cm³/mol. The molecule has 0 aliphatic carbocycles. The van der Waals surface area contributed by atoms with Gasteiger partial charge in [-0.2, -0.15) is 0 Å². The molecule has 1 fully saturated rings. The van der Waals surface area contributed by atoms with Crippen LogP contribution in [-0.2, 0) is 27.7 Å². The molecule has 0 radical (unpaired) electrons. The first-order valence-corrected chi connectivity index (χ1v) is 11.7. The van der Waals surface area contributed by atoms with Crippen LogP contribution in [-0.4, -0.2) is 45.4 Å². The van der Waals surface area contributed by atoms with Gasteiger partial charge in [-0.1, -0.05) is 30.3 Å². The fourth-order valence-electron chi connectivity index (χ4n) is 4.39. The molecule has 2 heterocycles. The Morgan fingerprint density at radius 1 is 1.03 bits per heavy atom. The van der Waals surface area contributed by atoms with Crippen LogP contribution in [0.25, 0.3) is 0 Å². The van der Waals surface area contributed by atoms with Crippen molar-refractivity contribution in [2.45, 2.75) is 30.6 Å². The maximum Gasteiger partial charge on any atom is 0.241 e. The number of hydrogen-bond donors (Lipinski definition) is 1. The lowest BCUT2D eigenvalue weighted by Crippen LogP contribution is -2.43. The van der Waals surface area contributed by atoms with Gasteiger partial charge in [-0.3, -0.25) is 9.69 Å². The monoisotopic (exact) mass is 413 g/mol. The number of sulfonamides is 1. The largest absolute Gasteiger partial charge is 0.311 e. The molecule has 0 unspecified atom stereocenters. The van der Waals surface area contributed by atoms with Crippen molar-refractivity contribution >= 4 is 21.6 Å². The average molecular weight is 414 g/mol. The molecular weight excluding hydrogens is 386 g/mol. The third kappa shape index (κ3) is 4.69. The normalized spacial score (nSPS) is 18.0. The quantitative estimate of drug-likeness (QED) is 0.814. The molecule has 7 heteroatoms. The highest BCUT2D eigenvalue weighted by molar-refractivity contribution is 7.89. The van der Waals surface area contributed by atoms with E-state index in [1.54, 1.807) is 17.0 Å². The number of carbonyl (C=O) groups excluding carboxylic acids is 1. The maximum atomic E-state index is 12.9. The van der Waals surface area contributed by atoms with E-state index in [0.717, 1.165) is 43.6 Å². The topological polar surface area (TPSA) is 83.7 Å². The van der Waals surface area contributed by atoms with E-state index in [4.69, 9.17) is 5.14 Å². The van der Waals surface area contributed by atoms with E-state index >= 15 is 0 Å². The predicted octanol–water partition coefficient (Wildman–Crippen LogP) is 2.18. The van der Waals surface area contributed by atoms with Crippen molar-refractivity contribution in [2.75, 3.05) is 31.1 Å². The summed E-state index contributed by atoms with van der Waals surface area (Å²) in [5, 5.41) is 5.21. The average Bonchev–Trinajstić information content (AvgIpc) is 3.13. The third-order valence-corrected chi connectivity index (χ3v) is 6.92. The Morgan fingerprint density at radius 2 is 1.76 bits per heavy atom. The van der Waals surface area contributed by atoms with Crippen LogP contribution in [0.1, 0.15) is 24.0 Å². The van der Waals surface area contributed by atoms with Crippen molar-refractivity contribution in [3.8, 4) is 0 Å². The van der Waals surface area contributed by atoms with E-state index in [1.165, 1.54) is 11.6 Å². The lowest BCUT2D eigenvalue weighted by molar-refractivity contribution is -0.120. The number of fused-ring (bicyclic) bond motifs is 1. The standard InChI is InChI=1S/C22H27N3O3S/c23-29(27,28)20-6-7-21-19(15-20)10-13-25(21)22(26)16-24-11-8-18(9-12-24)14-17-4-2-1-3-5-17/h1-7,15,18H,8-14,16H2,(H2,23,27,28). The Balaban J connectivity index is 1.32. The van der Waals surface area contributed by atoms with Crippen molar-refractivity contribution in [1.29, 1.82) is 0 Å². The van der Waals surface area contributed by atoms with Crippen LogP contribution in [0, 0.1) is 5.92 Å². The summed E-state index contributed by atoms with van der Waals surface area (Å²) in [5.41, 5.74) is 3.06. The molecule has 29 heavy (non-hydrogen) atoms. The Labute approximate surface area is 172 Å². The van der Waals surface area contributed by atoms with Crippen LogP contribution in [0.5, 0.6) is 0 Å². The number of amides is 1. The lowest BCUT2D eigenvalue weighted by atomic mass is 9.90. The van der Waals surface area contributed by atoms with Gasteiger partial charge >= 0.3 is 0 Å². The van der Waals surface area contributed by atoms with E-state index in [9.17, 15) is 13.2 Å². The summed E-state index contributed by atoms with van der Waals surface area (Å²) in [7, 11) is -3.72. The molecule has 2 aliphatic heterocycles. The second-order valence-electron chi connectivity index (χ2n) is 8.04. The zero-order chi connectivity index (χ0) is 20.4. The molecular formula is C22H27N3O3S. The van der Waals surface area contributed by atoms with Gasteiger partial charge in [-0.25, -0.2) is 13.6 Å². The number of rotatable bonds is 5. The van der Waals surface area contributed by atoms with Crippen molar-refractivity contribution in [2.24, 2.45) is 11.1 Å². The van der Waals surface area contributed by atoms with Gasteiger partial charge < -0.3 is 4.90 Å². The van der Waals surface area contributed by atoms with Crippen molar-refractivity contribution in [1.82, 2.24) is 4.90 Å². The lowest BCUT2D eigenvalue weighted by Gasteiger charge is -2.32. The first-order chi connectivity index (χ1) is 13.9. The number of piperidine rings is 1. The highest BCUT2D eigenvalue weighted by Gasteiger charge is 2.28. The second kappa shape index (κ2) is 8.26. The molecule has 154 valence electrons. The van der Waals surface area contributed by atoms with Gasteiger partial charge in [0.15, 0.2) is 0 Å². The van der Waals surface area contributed by atoms with Crippen molar-refractivity contribution < 1.29 is 13.2 Å². The van der Waals surface area contributed by atoms with E-state index < -0.39 is 10.0 Å². The molecule has 0 spiro atoms. The fourth-order valence-corrected chi connectivity index (χ4v) is 4.95. The smallest absolute Gasteiger partial charge is 0.241 e. The molecule has 2 aromatic carbocycles. The van der Waals surface area contributed by atoms with E-state index in [1.807, 2.05) is 6.07 Å². The minimum absolute atomic E-state index is 0.0774. The first-order valence-electron chi connectivity index (χ1n) is 10.1. The van der Waals surface area contributed by atoms with Gasteiger partial charge in [0, 0.05) is 12.2 Å². The zero-order valence-electron chi connectivity index (χ0n) is 16.5. The van der Waals surface area contributed by atoms with Crippen molar-refractivity contribution in [3.05, 3.63) is 59.7 Å². The molecule has 0 bridgehead atoms. The highest BCUT2D eigenvalue weighted by Crippen LogP contribution is 2.30. The first kappa shape index (κ1) is 20.1. The van der Waals surface area contributed by atoms with Crippen LogP contribution >= 0.6 is 0 Å². The molecule has 4 rings (SSSR count). The van der Waals surface area contributed by atoms with Gasteiger partial charge in [0.25, 0.3) is 0 Å². The molecule has 2 N–H and O–H groups in total. The third-order valence-electron chi connectivity index (χ3n) is 6.01. The number of anilines is 1. The van der Waals surface area contributed by atoms with Crippen LogP contribution < -0.4 is 10.0 Å². The van der Waals surface area contributed by atoms with Crippen LogP contribution in [0.4, 0.5) is 5.69 Å². The molecule has 2 aromatic rings. The summed E-state index contributed by atoms with van der Waals surface area (Å²) in [6.07, 6.45) is 3.98. The van der Waals surface area contributed by atoms with Crippen LogP contribution in [0.15, 0.2) is 53.4 Å². The van der Waals surface area contributed by atoms with Gasteiger partial charge in [0.1, 0.15) is 0 Å². The highest BCUT2D eigenvalue weighted by atomic mass is 32.2. The summed E-state index contributed by atoms with van der Waals surface area (Å²) < 4.78 is 23.1. The Morgan fingerprint density at radius 3 is 2.45 bits per heavy atom. The summed E-state index contributed by atoms with van der Waals surface area (Å²) in [4.78, 5) is 17.0. The summed E-state index contributed by atoms with van der Waals surface area (Å²) in [6.45, 7) is 2.88. The van der Waals surface area contributed by atoms with Gasteiger partial charge in [0.05, 0.1) is 11.4 Å². The van der Waals surface area contributed by atoms with E-state index in [0.29, 0.717) is 25.4 Å². The molecule has 1 amide bonds. The van der Waals surface area contributed by atoms with Gasteiger partial charge in [0.2, 0.25) is 15.9 Å². The summed E-state index contributed by atoms with van der Waals surface area (Å²) in [6, 6.07) is 15.4. The minimum Gasteiger partial charge on any atom is -0.311 e. The van der Waals surface area contributed by atoms with Crippen LogP contribution in [0.2, 0.25) is 0 Å². The molecule has 1 saturated heterocycles. The van der Waals surface area contributed by atoms with E-state index in [2.05, 4.69) is 29.2 Å². The fraction of sp³-hybridized carbons (Fsp3) is 0.409. The SMILES string of the molecule is NS(=O)(=O)c1ccc2c(c1)CCN2C(=O)CN1CCC(Cc2ccccc2)CC1. The molecule has 2 aliphatic rings. The van der Waals surface area contributed by atoms with E-state index in [-0.39, 0.29) is 10.8 Å². The van der Waals surface area contributed by atoms with Crippen molar-refractivity contribution in [3.63, 3.8) is 0 Å². The number of primary sulfonamides is 1. The molecule has 0 aromatic heterocycles. The second-order valence-corrected chi connectivity index (χ2v) is 9.60. The number of nitrogens with two attached hydrogens (primary N) is 1. The molecule has 0 atom stereocenters. The zero-order valence-corrected chi connectivity index (χ0v) is 17.3. The number of benzene rings is 2. The maximum absolute atomic E-state index is 12.9. The van der Waals surface area contributed by atoms with Gasteiger partial charge in [-0.15, -0.1) is 0 Å². The Hall–Kier alpha value is -2.22. The summed E-state index contributed by atoms with van der Waals surface area (Å²) >= 11 is 0. The molecule has 0 saturated carbocycles. The Kier molecular flexibility index (Phi) is 5.72. The Bertz CT molecular complexity index is 984. The number of likely N-dealkylation sites (tertiary alicyclic amines) is 1. The van der Waals surface area contributed by atoms with Crippen LogP contribution in [0.3, 0.4) is 0 Å². The number of carbonyl (C=O) groups is 1.